The van der Waals surface area contributed by atoms with Crippen LogP contribution in [0.4, 0.5) is 4.39 Å². The van der Waals surface area contributed by atoms with Gasteiger partial charge < -0.3 is 19.7 Å². The summed E-state index contributed by atoms with van der Waals surface area (Å²) >= 11 is 0. The van der Waals surface area contributed by atoms with E-state index in [-0.39, 0.29) is 30.4 Å². The minimum Gasteiger partial charge on any atom is -0.378 e. The van der Waals surface area contributed by atoms with Crippen molar-refractivity contribution in [2.75, 3.05) is 59.2 Å². The first-order valence-electron chi connectivity index (χ1n) is 10.1. The normalized spacial score (nSPS) is 17.4. The molecule has 1 aromatic carbocycles. The second-order valence-corrected chi connectivity index (χ2v) is 9.41. The highest BCUT2D eigenvalue weighted by Crippen LogP contribution is 2.16. The lowest BCUT2D eigenvalue weighted by Gasteiger charge is -2.36. The number of rotatable bonds is 9. The van der Waals surface area contributed by atoms with Crippen LogP contribution in [0.5, 0.6) is 0 Å². The Labute approximate surface area is 179 Å². The Balaban J connectivity index is 1.86. The van der Waals surface area contributed by atoms with Gasteiger partial charge in [-0.1, -0.05) is 12.1 Å². The first-order chi connectivity index (χ1) is 14.3. The number of halogens is 1. The molecule has 170 valence electrons. The molecule has 1 saturated heterocycles. The lowest BCUT2D eigenvalue weighted by molar-refractivity contribution is 0.0904. The van der Waals surface area contributed by atoms with Crippen molar-refractivity contribution in [1.29, 1.82) is 0 Å². The predicted molar refractivity (Wildman–Crippen MR) is 116 cm³/mol. The van der Waals surface area contributed by atoms with Gasteiger partial charge in [0.05, 0.1) is 24.6 Å². The average Bonchev–Trinajstić information content (AvgIpc) is 2.72. The van der Waals surface area contributed by atoms with Gasteiger partial charge in [-0.05, 0) is 31.5 Å². The summed E-state index contributed by atoms with van der Waals surface area (Å²) in [5, 5.41) is 3.27. The molecule has 1 aromatic rings. The minimum absolute atomic E-state index is 0.00859. The molecule has 0 spiro atoms. The SMILES string of the molecule is CN=C(NCC(OC)c1ccc(F)cc1)N1CCN(S(=O)(=O)CCOC(C)C)CC1. The summed E-state index contributed by atoms with van der Waals surface area (Å²) in [6.45, 7) is 6.30. The van der Waals surface area contributed by atoms with Crippen molar-refractivity contribution in [1.82, 2.24) is 14.5 Å². The zero-order chi connectivity index (χ0) is 22.1. The van der Waals surface area contributed by atoms with Crippen LogP contribution in [-0.2, 0) is 19.5 Å². The van der Waals surface area contributed by atoms with Gasteiger partial charge in [0.15, 0.2) is 5.96 Å². The Morgan fingerprint density at radius 2 is 1.83 bits per heavy atom. The molecule has 0 saturated carbocycles. The van der Waals surface area contributed by atoms with Gasteiger partial charge in [-0.2, -0.15) is 4.31 Å². The fraction of sp³-hybridized carbons (Fsp3) is 0.650. The van der Waals surface area contributed by atoms with E-state index in [0.717, 1.165) is 5.56 Å². The Bertz CT molecular complexity index is 779. The lowest BCUT2D eigenvalue weighted by Crippen LogP contribution is -2.54. The maximum absolute atomic E-state index is 13.1. The van der Waals surface area contributed by atoms with Crippen molar-refractivity contribution < 1.29 is 22.3 Å². The molecule has 0 aromatic heterocycles. The monoisotopic (exact) mass is 444 g/mol. The van der Waals surface area contributed by atoms with Crippen LogP contribution >= 0.6 is 0 Å². The van der Waals surface area contributed by atoms with Crippen LogP contribution in [0.25, 0.3) is 0 Å². The molecule has 1 aliphatic heterocycles. The van der Waals surface area contributed by atoms with Crippen LogP contribution in [0.1, 0.15) is 25.5 Å². The fourth-order valence-corrected chi connectivity index (χ4v) is 4.51. The van der Waals surface area contributed by atoms with Crippen molar-refractivity contribution in [3.63, 3.8) is 0 Å². The summed E-state index contributed by atoms with van der Waals surface area (Å²) in [4.78, 5) is 6.33. The molecule has 10 heteroatoms. The van der Waals surface area contributed by atoms with Crippen molar-refractivity contribution >= 4 is 16.0 Å². The molecule has 1 heterocycles. The van der Waals surface area contributed by atoms with Crippen molar-refractivity contribution in [3.8, 4) is 0 Å². The third kappa shape index (κ3) is 7.19. The topological polar surface area (TPSA) is 83.5 Å². The zero-order valence-corrected chi connectivity index (χ0v) is 19.0. The second kappa shape index (κ2) is 11.6. The first kappa shape index (κ1) is 24.5. The second-order valence-electron chi connectivity index (χ2n) is 7.33. The van der Waals surface area contributed by atoms with Gasteiger partial charge in [0, 0.05) is 46.9 Å². The molecule has 0 bridgehead atoms. The molecule has 1 fully saturated rings. The number of piperazine rings is 1. The summed E-state index contributed by atoms with van der Waals surface area (Å²) in [7, 11) is -0.0422. The average molecular weight is 445 g/mol. The van der Waals surface area contributed by atoms with Crippen LogP contribution in [-0.4, -0.2) is 88.9 Å². The van der Waals surface area contributed by atoms with E-state index in [9.17, 15) is 12.8 Å². The number of sulfonamides is 1. The van der Waals surface area contributed by atoms with Gasteiger partial charge in [0.25, 0.3) is 0 Å². The third-order valence-corrected chi connectivity index (χ3v) is 6.74. The van der Waals surface area contributed by atoms with E-state index >= 15 is 0 Å². The van der Waals surface area contributed by atoms with Gasteiger partial charge >= 0.3 is 0 Å². The van der Waals surface area contributed by atoms with E-state index in [1.807, 2.05) is 18.7 Å². The quantitative estimate of drug-likeness (QED) is 0.459. The predicted octanol–water partition coefficient (Wildman–Crippen LogP) is 1.46. The summed E-state index contributed by atoms with van der Waals surface area (Å²) in [5.41, 5.74) is 0.862. The van der Waals surface area contributed by atoms with Crippen molar-refractivity contribution in [2.45, 2.75) is 26.1 Å². The van der Waals surface area contributed by atoms with Crippen LogP contribution in [0.3, 0.4) is 0 Å². The molecular weight excluding hydrogens is 411 g/mol. The summed E-state index contributed by atoms with van der Waals surface area (Å²) in [5.74, 6) is 0.381. The smallest absolute Gasteiger partial charge is 0.216 e. The van der Waals surface area contributed by atoms with E-state index < -0.39 is 10.0 Å². The molecule has 0 amide bonds. The maximum atomic E-state index is 13.1. The van der Waals surface area contributed by atoms with E-state index in [0.29, 0.717) is 38.7 Å². The number of guanidine groups is 1. The number of methoxy groups -OCH3 is 1. The van der Waals surface area contributed by atoms with Crippen LogP contribution in [0.15, 0.2) is 29.3 Å². The maximum Gasteiger partial charge on any atom is 0.216 e. The summed E-state index contributed by atoms with van der Waals surface area (Å²) < 4.78 is 50.5. The molecule has 8 nitrogen and oxygen atoms in total. The fourth-order valence-electron chi connectivity index (χ4n) is 3.23. The Morgan fingerprint density at radius 1 is 1.20 bits per heavy atom. The summed E-state index contributed by atoms with van der Waals surface area (Å²) in [6.07, 6.45) is -0.248. The Kier molecular flexibility index (Phi) is 9.47. The van der Waals surface area contributed by atoms with E-state index in [1.54, 1.807) is 26.3 Å². The van der Waals surface area contributed by atoms with Gasteiger partial charge in [-0.25, -0.2) is 12.8 Å². The first-order valence-corrected chi connectivity index (χ1v) is 11.7. The molecular formula is C20H33FN4O4S. The van der Waals surface area contributed by atoms with Gasteiger partial charge in [-0.15, -0.1) is 0 Å². The number of hydrogen-bond donors (Lipinski definition) is 1. The highest BCUT2D eigenvalue weighted by atomic mass is 32.2. The van der Waals surface area contributed by atoms with Crippen LogP contribution in [0, 0.1) is 5.82 Å². The van der Waals surface area contributed by atoms with E-state index in [2.05, 4.69) is 10.3 Å². The standard InChI is InChI=1S/C20H33FN4O4S/c1-16(2)29-13-14-30(26,27)25-11-9-24(10-12-25)20(22-3)23-15-19(28-4)17-5-7-18(21)8-6-17/h5-8,16,19H,9-15H2,1-4H3,(H,22,23). The number of aliphatic imine (C=N–C) groups is 1. The molecule has 0 aliphatic carbocycles. The highest BCUT2D eigenvalue weighted by molar-refractivity contribution is 7.89. The lowest BCUT2D eigenvalue weighted by atomic mass is 10.1. The van der Waals surface area contributed by atoms with Crippen molar-refractivity contribution in [3.05, 3.63) is 35.6 Å². The number of hydrogen-bond acceptors (Lipinski definition) is 5. The number of benzene rings is 1. The van der Waals surface area contributed by atoms with Gasteiger partial charge in [0.1, 0.15) is 5.82 Å². The van der Waals surface area contributed by atoms with Gasteiger partial charge in [0.2, 0.25) is 10.0 Å². The molecule has 2 rings (SSSR count). The van der Waals surface area contributed by atoms with Crippen LogP contribution < -0.4 is 5.32 Å². The molecule has 1 atom stereocenters. The van der Waals surface area contributed by atoms with Crippen molar-refractivity contribution in [2.24, 2.45) is 4.99 Å². The molecule has 1 N–H and O–H groups in total. The molecule has 30 heavy (non-hydrogen) atoms. The number of ether oxygens (including phenoxy) is 2. The van der Waals surface area contributed by atoms with E-state index in [4.69, 9.17) is 9.47 Å². The largest absolute Gasteiger partial charge is 0.378 e. The third-order valence-electron chi connectivity index (χ3n) is 4.91. The summed E-state index contributed by atoms with van der Waals surface area (Å²) in [6, 6.07) is 6.20. The molecule has 0 radical (unpaired) electrons. The molecule has 1 aliphatic rings. The number of nitrogens with zero attached hydrogens (tertiary/aromatic N) is 3. The molecule has 1 unspecified atom stereocenters. The minimum atomic E-state index is -3.33. The van der Waals surface area contributed by atoms with Crippen LogP contribution in [0.2, 0.25) is 0 Å². The highest BCUT2D eigenvalue weighted by Gasteiger charge is 2.28. The zero-order valence-electron chi connectivity index (χ0n) is 18.2. The Morgan fingerprint density at radius 3 is 2.37 bits per heavy atom. The van der Waals surface area contributed by atoms with E-state index in [1.165, 1.54) is 16.4 Å². The Hall–Kier alpha value is -1.75. The number of nitrogens with one attached hydrogen (secondary N) is 1. The van der Waals surface area contributed by atoms with Gasteiger partial charge in [-0.3, -0.25) is 4.99 Å².